The van der Waals surface area contributed by atoms with Crippen LogP contribution in [0.5, 0.6) is 11.5 Å². The number of fused-ring (bicyclic) bond motifs is 1. The highest BCUT2D eigenvalue weighted by atomic mass is 16.6. The molecule has 1 heterocycles. The largest absolute Gasteiger partial charge is 0.457 e. The van der Waals surface area contributed by atoms with Gasteiger partial charge in [-0.2, -0.15) is 0 Å². The summed E-state index contributed by atoms with van der Waals surface area (Å²) in [6.45, 7) is 6.77. The van der Waals surface area contributed by atoms with Gasteiger partial charge in [-0.25, -0.2) is 4.79 Å². The first-order valence-electron chi connectivity index (χ1n) is 8.67. The summed E-state index contributed by atoms with van der Waals surface area (Å²) in [5.41, 5.74) is 2.40. The fourth-order valence-electron chi connectivity index (χ4n) is 2.83. The number of aldehydes is 1. The highest BCUT2D eigenvalue weighted by Gasteiger charge is 2.25. The van der Waals surface area contributed by atoms with E-state index in [1.165, 1.54) is 5.56 Å². The van der Waals surface area contributed by atoms with Crippen molar-refractivity contribution in [3.63, 3.8) is 0 Å². The summed E-state index contributed by atoms with van der Waals surface area (Å²) >= 11 is 0. The molecule has 0 N–H and O–H groups in total. The van der Waals surface area contributed by atoms with Crippen LogP contribution in [0.4, 0.5) is 4.79 Å². The van der Waals surface area contributed by atoms with Gasteiger partial charge in [0.15, 0.2) is 0 Å². The van der Waals surface area contributed by atoms with Crippen LogP contribution in [0.2, 0.25) is 0 Å². The number of benzene rings is 2. The summed E-state index contributed by atoms with van der Waals surface area (Å²) in [5, 5.41) is 0. The molecule has 0 saturated carbocycles. The van der Waals surface area contributed by atoms with Crippen LogP contribution in [0, 0.1) is 0 Å². The minimum Gasteiger partial charge on any atom is -0.457 e. The van der Waals surface area contributed by atoms with Crippen LogP contribution in [-0.2, 0) is 17.7 Å². The van der Waals surface area contributed by atoms with Crippen LogP contribution in [0.1, 0.15) is 42.3 Å². The van der Waals surface area contributed by atoms with Gasteiger partial charge in [0.05, 0.1) is 0 Å². The normalized spacial score (nSPS) is 13.7. The molecule has 5 heteroatoms. The van der Waals surface area contributed by atoms with Gasteiger partial charge in [0, 0.05) is 18.7 Å². The molecule has 2 aromatic carbocycles. The zero-order valence-electron chi connectivity index (χ0n) is 15.3. The molecular formula is C21H23NO4. The molecule has 0 unspecified atom stereocenters. The third-order valence-corrected chi connectivity index (χ3v) is 4.09. The maximum absolute atomic E-state index is 12.2. The highest BCUT2D eigenvalue weighted by molar-refractivity contribution is 5.74. The van der Waals surface area contributed by atoms with Crippen molar-refractivity contribution in [3.8, 4) is 11.5 Å². The van der Waals surface area contributed by atoms with Crippen LogP contribution in [0.25, 0.3) is 0 Å². The Kier molecular flexibility index (Phi) is 4.98. The molecule has 1 aliphatic heterocycles. The van der Waals surface area contributed by atoms with E-state index in [2.05, 4.69) is 0 Å². The van der Waals surface area contributed by atoms with Crippen LogP contribution in [0.3, 0.4) is 0 Å². The Hall–Kier alpha value is -2.82. The van der Waals surface area contributed by atoms with Crippen LogP contribution in [0.15, 0.2) is 42.5 Å². The molecule has 0 saturated heterocycles. The Morgan fingerprint density at radius 2 is 1.73 bits per heavy atom. The first kappa shape index (κ1) is 18.0. The van der Waals surface area contributed by atoms with Crippen LogP contribution in [-0.4, -0.2) is 29.4 Å². The predicted molar refractivity (Wildman–Crippen MR) is 98.7 cm³/mol. The second kappa shape index (κ2) is 7.20. The first-order valence-corrected chi connectivity index (χ1v) is 8.67. The maximum Gasteiger partial charge on any atom is 0.410 e. The average molecular weight is 353 g/mol. The molecule has 0 radical (unpaired) electrons. The molecule has 1 aliphatic rings. The van der Waals surface area contributed by atoms with Gasteiger partial charge in [-0.3, -0.25) is 4.79 Å². The van der Waals surface area contributed by atoms with Gasteiger partial charge in [0.2, 0.25) is 0 Å². The van der Waals surface area contributed by atoms with E-state index in [0.29, 0.717) is 24.4 Å². The molecule has 0 aromatic heterocycles. The molecule has 0 bridgehead atoms. The zero-order chi connectivity index (χ0) is 18.7. The molecule has 26 heavy (non-hydrogen) atoms. The molecule has 3 rings (SSSR count). The van der Waals surface area contributed by atoms with E-state index in [1.807, 2.05) is 39.0 Å². The summed E-state index contributed by atoms with van der Waals surface area (Å²) < 4.78 is 11.3. The molecule has 136 valence electrons. The minimum absolute atomic E-state index is 0.279. The maximum atomic E-state index is 12.2. The van der Waals surface area contributed by atoms with Gasteiger partial charge in [-0.15, -0.1) is 0 Å². The number of carbonyl (C=O) groups excluding carboxylic acids is 2. The van der Waals surface area contributed by atoms with Crippen molar-refractivity contribution in [1.29, 1.82) is 0 Å². The Balaban J connectivity index is 1.68. The van der Waals surface area contributed by atoms with Gasteiger partial charge in [-0.05, 0) is 74.7 Å². The number of hydrogen-bond donors (Lipinski definition) is 0. The molecule has 0 atom stereocenters. The monoisotopic (exact) mass is 353 g/mol. The Morgan fingerprint density at radius 1 is 1.04 bits per heavy atom. The van der Waals surface area contributed by atoms with E-state index in [1.54, 1.807) is 29.2 Å². The Bertz CT molecular complexity index is 806. The van der Waals surface area contributed by atoms with Gasteiger partial charge < -0.3 is 14.4 Å². The standard InChI is InChI=1S/C21H23NO4/c1-21(2,3)26-20(24)22-11-10-16-12-19(9-6-17(16)13-22)25-18-7-4-15(14-23)5-8-18/h4-9,12,14H,10-11,13H2,1-3H3. The van der Waals surface area contributed by atoms with Crippen LogP contribution < -0.4 is 4.74 Å². The van der Waals surface area contributed by atoms with Crippen molar-refractivity contribution < 1.29 is 19.1 Å². The number of carbonyl (C=O) groups is 2. The van der Waals surface area contributed by atoms with E-state index in [0.717, 1.165) is 24.0 Å². The second-order valence-electron chi connectivity index (χ2n) is 7.37. The van der Waals surface area contributed by atoms with E-state index in [9.17, 15) is 9.59 Å². The molecule has 5 nitrogen and oxygen atoms in total. The number of rotatable bonds is 3. The average Bonchev–Trinajstić information content (AvgIpc) is 2.60. The molecule has 0 aliphatic carbocycles. The smallest absolute Gasteiger partial charge is 0.410 e. The first-order chi connectivity index (χ1) is 12.3. The van der Waals surface area contributed by atoms with Crippen molar-refractivity contribution in [2.45, 2.75) is 39.3 Å². The van der Waals surface area contributed by atoms with E-state index in [4.69, 9.17) is 9.47 Å². The lowest BCUT2D eigenvalue weighted by molar-refractivity contribution is 0.0224. The molecular weight excluding hydrogens is 330 g/mol. The fourth-order valence-corrected chi connectivity index (χ4v) is 2.83. The number of amides is 1. The lowest BCUT2D eigenvalue weighted by Crippen LogP contribution is -2.39. The van der Waals surface area contributed by atoms with Crippen molar-refractivity contribution in [2.24, 2.45) is 0 Å². The van der Waals surface area contributed by atoms with Crippen molar-refractivity contribution >= 4 is 12.4 Å². The van der Waals surface area contributed by atoms with E-state index >= 15 is 0 Å². The van der Waals surface area contributed by atoms with Gasteiger partial charge in [-0.1, -0.05) is 6.07 Å². The highest BCUT2D eigenvalue weighted by Crippen LogP contribution is 2.28. The van der Waals surface area contributed by atoms with E-state index < -0.39 is 5.60 Å². The van der Waals surface area contributed by atoms with Crippen LogP contribution >= 0.6 is 0 Å². The number of nitrogens with zero attached hydrogens (tertiary/aromatic N) is 1. The molecule has 0 spiro atoms. The van der Waals surface area contributed by atoms with Gasteiger partial charge >= 0.3 is 6.09 Å². The number of hydrogen-bond acceptors (Lipinski definition) is 4. The van der Waals surface area contributed by atoms with Crippen molar-refractivity contribution in [3.05, 3.63) is 59.2 Å². The van der Waals surface area contributed by atoms with Gasteiger partial charge in [0.1, 0.15) is 23.4 Å². The summed E-state index contributed by atoms with van der Waals surface area (Å²) in [7, 11) is 0. The Morgan fingerprint density at radius 3 is 2.38 bits per heavy atom. The molecule has 2 aromatic rings. The lowest BCUT2D eigenvalue weighted by atomic mass is 10.00. The summed E-state index contributed by atoms with van der Waals surface area (Å²) in [4.78, 5) is 24.7. The topological polar surface area (TPSA) is 55.8 Å². The summed E-state index contributed by atoms with van der Waals surface area (Å²) in [5.74, 6) is 1.43. The van der Waals surface area contributed by atoms with Gasteiger partial charge in [0.25, 0.3) is 0 Å². The summed E-state index contributed by atoms with van der Waals surface area (Å²) in [6.07, 6.45) is 1.29. The van der Waals surface area contributed by atoms with Crippen molar-refractivity contribution in [2.75, 3.05) is 6.54 Å². The molecule has 1 amide bonds. The summed E-state index contributed by atoms with van der Waals surface area (Å²) in [6, 6.07) is 12.9. The fraction of sp³-hybridized carbons (Fsp3) is 0.333. The van der Waals surface area contributed by atoms with E-state index in [-0.39, 0.29) is 6.09 Å². The minimum atomic E-state index is -0.492. The lowest BCUT2D eigenvalue weighted by Gasteiger charge is -2.31. The zero-order valence-corrected chi connectivity index (χ0v) is 15.3. The predicted octanol–water partition coefficient (Wildman–Crippen LogP) is 4.58. The third kappa shape index (κ3) is 4.42. The quantitative estimate of drug-likeness (QED) is 0.758. The number of ether oxygens (including phenoxy) is 2. The Labute approximate surface area is 153 Å². The SMILES string of the molecule is CC(C)(C)OC(=O)N1CCc2cc(Oc3ccc(C=O)cc3)ccc2C1. The van der Waals surface area contributed by atoms with Crippen molar-refractivity contribution in [1.82, 2.24) is 4.90 Å². The second-order valence-corrected chi connectivity index (χ2v) is 7.37. The third-order valence-electron chi connectivity index (χ3n) is 4.09. The molecule has 0 fully saturated rings.